The number of nitrogens with one attached hydrogen (secondary N) is 1. The molecule has 0 bridgehead atoms. The molecule has 0 amide bonds. The summed E-state index contributed by atoms with van der Waals surface area (Å²) >= 11 is 0. The number of pyridine rings is 1. The minimum absolute atomic E-state index is 0.161. The zero-order valence-electron chi connectivity index (χ0n) is 9.13. The van der Waals surface area contributed by atoms with E-state index < -0.39 is 11.7 Å². The fourth-order valence-electron chi connectivity index (χ4n) is 1.75. The zero-order valence-corrected chi connectivity index (χ0v) is 9.13. The van der Waals surface area contributed by atoms with Gasteiger partial charge >= 0.3 is 6.18 Å². The third kappa shape index (κ3) is 3.33. The van der Waals surface area contributed by atoms with Gasteiger partial charge in [0.2, 0.25) is 0 Å². The van der Waals surface area contributed by atoms with Gasteiger partial charge in [0.25, 0.3) is 0 Å². The molecule has 1 aliphatic heterocycles. The molecule has 6 heteroatoms. The van der Waals surface area contributed by atoms with E-state index in [1.54, 1.807) is 0 Å². The Kier molecular flexibility index (Phi) is 3.51. The minimum Gasteiger partial charge on any atom is -0.490 e. The highest BCUT2D eigenvalue weighted by Gasteiger charge is 2.31. The Hall–Kier alpha value is -1.30. The smallest absolute Gasteiger partial charge is 0.418 e. The summed E-state index contributed by atoms with van der Waals surface area (Å²) < 4.78 is 42.5. The lowest BCUT2D eigenvalue weighted by atomic mass is 10.2. The molecular formula is C11H13F3N2O. The van der Waals surface area contributed by atoms with Gasteiger partial charge in [-0.15, -0.1) is 0 Å². The SMILES string of the molecule is FC(F)(F)c1cncc(OC[C@@H]2CCCN2)c1. The van der Waals surface area contributed by atoms with Crippen molar-refractivity contribution in [3.8, 4) is 5.75 Å². The van der Waals surface area contributed by atoms with E-state index in [9.17, 15) is 13.2 Å². The van der Waals surface area contributed by atoms with Crippen molar-refractivity contribution in [1.29, 1.82) is 0 Å². The van der Waals surface area contributed by atoms with Gasteiger partial charge in [0.05, 0.1) is 11.8 Å². The molecule has 0 aliphatic carbocycles. The number of hydrogen-bond acceptors (Lipinski definition) is 3. The number of halogens is 3. The topological polar surface area (TPSA) is 34.1 Å². The molecule has 94 valence electrons. The molecule has 0 radical (unpaired) electrons. The van der Waals surface area contributed by atoms with E-state index in [4.69, 9.17) is 4.74 Å². The van der Waals surface area contributed by atoms with Gasteiger partial charge < -0.3 is 10.1 Å². The normalized spacial score (nSPS) is 20.5. The largest absolute Gasteiger partial charge is 0.490 e. The van der Waals surface area contributed by atoms with Crippen LogP contribution in [0.1, 0.15) is 18.4 Å². The molecule has 2 heterocycles. The van der Waals surface area contributed by atoms with Crippen molar-refractivity contribution in [3.63, 3.8) is 0 Å². The van der Waals surface area contributed by atoms with Crippen molar-refractivity contribution in [2.45, 2.75) is 25.1 Å². The van der Waals surface area contributed by atoms with E-state index in [1.807, 2.05) is 0 Å². The molecule has 17 heavy (non-hydrogen) atoms. The van der Waals surface area contributed by atoms with Crippen molar-refractivity contribution < 1.29 is 17.9 Å². The van der Waals surface area contributed by atoms with E-state index in [0.29, 0.717) is 6.61 Å². The summed E-state index contributed by atoms with van der Waals surface area (Å²) in [6.45, 7) is 1.32. The Bertz CT molecular complexity index is 375. The fourth-order valence-corrected chi connectivity index (χ4v) is 1.75. The van der Waals surface area contributed by atoms with Gasteiger partial charge in [-0.3, -0.25) is 4.98 Å². The van der Waals surface area contributed by atoms with Crippen LogP contribution in [0.3, 0.4) is 0 Å². The Labute approximate surface area is 97.0 Å². The second-order valence-corrected chi connectivity index (χ2v) is 4.01. The van der Waals surface area contributed by atoms with Crippen LogP contribution in [-0.2, 0) is 6.18 Å². The van der Waals surface area contributed by atoms with Gasteiger partial charge in [0.15, 0.2) is 0 Å². The van der Waals surface area contributed by atoms with Crippen LogP contribution in [0.15, 0.2) is 18.5 Å². The predicted molar refractivity (Wildman–Crippen MR) is 55.8 cm³/mol. The van der Waals surface area contributed by atoms with Gasteiger partial charge in [0.1, 0.15) is 12.4 Å². The van der Waals surface area contributed by atoms with Crippen LogP contribution in [0.2, 0.25) is 0 Å². The van der Waals surface area contributed by atoms with Gasteiger partial charge in [-0.1, -0.05) is 0 Å². The lowest BCUT2D eigenvalue weighted by Gasteiger charge is -2.13. The first-order chi connectivity index (χ1) is 8.05. The molecule has 1 aliphatic rings. The molecular weight excluding hydrogens is 233 g/mol. The minimum atomic E-state index is -4.38. The maximum Gasteiger partial charge on any atom is 0.418 e. The standard InChI is InChI=1S/C11H13F3N2O/c12-11(13,14)8-4-10(6-15-5-8)17-7-9-2-1-3-16-9/h4-6,9,16H,1-3,7H2/t9-/m0/s1. The summed E-state index contributed by atoms with van der Waals surface area (Å²) in [5, 5.41) is 3.20. The number of hydrogen-bond donors (Lipinski definition) is 1. The average molecular weight is 246 g/mol. The Morgan fingerprint density at radius 2 is 2.24 bits per heavy atom. The summed E-state index contributed by atoms with van der Waals surface area (Å²) in [4.78, 5) is 3.53. The second kappa shape index (κ2) is 4.91. The summed E-state index contributed by atoms with van der Waals surface area (Å²) in [6, 6.07) is 1.20. The molecule has 0 spiro atoms. The van der Waals surface area contributed by atoms with E-state index in [1.165, 1.54) is 6.20 Å². The lowest BCUT2D eigenvalue weighted by Crippen LogP contribution is -2.28. The first-order valence-electron chi connectivity index (χ1n) is 5.44. The molecule has 1 atom stereocenters. The summed E-state index contributed by atoms with van der Waals surface area (Å²) in [5.41, 5.74) is -0.783. The molecule has 1 fully saturated rings. The van der Waals surface area contributed by atoms with Gasteiger partial charge in [-0.25, -0.2) is 0 Å². The van der Waals surface area contributed by atoms with Crippen molar-refractivity contribution in [3.05, 3.63) is 24.0 Å². The summed E-state index contributed by atoms with van der Waals surface area (Å²) in [7, 11) is 0. The molecule has 0 unspecified atom stereocenters. The van der Waals surface area contributed by atoms with Crippen LogP contribution >= 0.6 is 0 Å². The van der Waals surface area contributed by atoms with Crippen molar-refractivity contribution in [1.82, 2.24) is 10.3 Å². The highest BCUT2D eigenvalue weighted by Crippen LogP contribution is 2.30. The molecule has 1 saturated heterocycles. The maximum absolute atomic E-state index is 12.4. The number of aromatic nitrogens is 1. The zero-order chi connectivity index (χ0) is 12.3. The third-order valence-corrected chi connectivity index (χ3v) is 2.65. The lowest BCUT2D eigenvalue weighted by molar-refractivity contribution is -0.137. The molecule has 1 N–H and O–H groups in total. The van der Waals surface area contributed by atoms with Crippen molar-refractivity contribution >= 4 is 0 Å². The van der Waals surface area contributed by atoms with E-state index >= 15 is 0 Å². The molecule has 2 rings (SSSR count). The van der Waals surface area contributed by atoms with E-state index in [0.717, 1.165) is 31.6 Å². The molecule has 0 aromatic carbocycles. The summed E-state index contributed by atoms with van der Waals surface area (Å²) in [5.74, 6) is 0.161. The molecule has 0 saturated carbocycles. The van der Waals surface area contributed by atoms with E-state index in [2.05, 4.69) is 10.3 Å². The molecule has 1 aromatic rings. The Morgan fingerprint density at radius 1 is 1.41 bits per heavy atom. The van der Waals surface area contributed by atoms with Crippen LogP contribution < -0.4 is 10.1 Å². The molecule has 1 aromatic heterocycles. The highest BCUT2D eigenvalue weighted by molar-refractivity contribution is 5.25. The van der Waals surface area contributed by atoms with Gasteiger partial charge in [-0.2, -0.15) is 13.2 Å². The molecule has 3 nitrogen and oxygen atoms in total. The quantitative estimate of drug-likeness (QED) is 0.888. The van der Waals surface area contributed by atoms with E-state index in [-0.39, 0.29) is 11.8 Å². The number of alkyl halides is 3. The predicted octanol–water partition coefficient (Wildman–Crippen LogP) is 2.23. The van der Waals surface area contributed by atoms with Crippen LogP contribution in [-0.4, -0.2) is 24.2 Å². The Balaban J connectivity index is 1.96. The van der Waals surface area contributed by atoms with Crippen molar-refractivity contribution in [2.75, 3.05) is 13.2 Å². The number of ether oxygens (including phenoxy) is 1. The van der Waals surface area contributed by atoms with Gasteiger partial charge in [-0.05, 0) is 25.5 Å². The number of rotatable bonds is 3. The highest BCUT2D eigenvalue weighted by atomic mass is 19.4. The van der Waals surface area contributed by atoms with Crippen LogP contribution in [0, 0.1) is 0 Å². The third-order valence-electron chi connectivity index (χ3n) is 2.65. The Morgan fingerprint density at radius 3 is 2.88 bits per heavy atom. The average Bonchev–Trinajstić information content (AvgIpc) is 2.78. The van der Waals surface area contributed by atoms with Crippen molar-refractivity contribution in [2.24, 2.45) is 0 Å². The summed E-state index contributed by atoms with van der Waals surface area (Å²) in [6.07, 6.45) is -0.218. The van der Waals surface area contributed by atoms with Crippen LogP contribution in [0.4, 0.5) is 13.2 Å². The first kappa shape index (κ1) is 12.2. The maximum atomic E-state index is 12.4. The van der Waals surface area contributed by atoms with Crippen LogP contribution in [0.25, 0.3) is 0 Å². The second-order valence-electron chi connectivity index (χ2n) is 4.01. The number of nitrogens with zero attached hydrogens (tertiary/aromatic N) is 1. The fraction of sp³-hybridized carbons (Fsp3) is 0.545. The van der Waals surface area contributed by atoms with Crippen LogP contribution in [0.5, 0.6) is 5.75 Å². The van der Waals surface area contributed by atoms with Gasteiger partial charge in [0, 0.05) is 12.2 Å². The first-order valence-corrected chi connectivity index (χ1v) is 5.44. The monoisotopic (exact) mass is 246 g/mol.